The molecule has 5 nitrogen and oxygen atoms in total. The van der Waals surface area contributed by atoms with Crippen molar-refractivity contribution in [2.75, 3.05) is 17.3 Å². The molecule has 30 heavy (non-hydrogen) atoms. The number of hydrogen-bond donors (Lipinski definition) is 1. The van der Waals surface area contributed by atoms with Gasteiger partial charge < -0.3 is 10.1 Å². The number of halogens is 2. The third-order valence-electron chi connectivity index (χ3n) is 4.62. The smallest absolute Gasteiger partial charge is 0.282 e. The molecule has 0 atom stereocenters. The highest BCUT2D eigenvalue weighted by molar-refractivity contribution is 6.46. The minimum atomic E-state index is -0.585. The molecule has 2 amide bonds. The van der Waals surface area contributed by atoms with Gasteiger partial charge in [-0.15, -0.1) is 0 Å². The van der Waals surface area contributed by atoms with Gasteiger partial charge in [0.2, 0.25) is 0 Å². The molecule has 0 radical (unpaired) electrons. The van der Waals surface area contributed by atoms with Crippen molar-refractivity contribution in [1.82, 2.24) is 0 Å². The highest BCUT2D eigenvalue weighted by Crippen LogP contribution is 2.34. The summed E-state index contributed by atoms with van der Waals surface area (Å²) in [5.74, 6) is -1.10. The fraction of sp³-hybridized carbons (Fsp3) is 0.0435. The van der Waals surface area contributed by atoms with Crippen LogP contribution in [0.4, 0.5) is 15.8 Å². The molecule has 0 fully saturated rings. The van der Waals surface area contributed by atoms with Crippen molar-refractivity contribution in [3.63, 3.8) is 0 Å². The Bertz CT molecular complexity index is 1180. The van der Waals surface area contributed by atoms with Crippen molar-refractivity contribution < 1.29 is 18.7 Å². The molecule has 3 aromatic rings. The van der Waals surface area contributed by atoms with E-state index in [1.807, 2.05) is 0 Å². The molecule has 0 saturated heterocycles. The zero-order chi connectivity index (χ0) is 21.3. The van der Waals surface area contributed by atoms with Gasteiger partial charge in [-0.1, -0.05) is 35.9 Å². The molecule has 1 aliphatic rings. The number of nitrogens with zero attached hydrogens (tertiary/aromatic N) is 1. The molecule has 1 heterocycles. The van der Waals surface area contributed by atoms with E-state index < -0.39 is 17.6 Å². The number of anilines is 2. The van der Waals surface area contributed by atoms with Gasteiger partial charge in [-0.05, 0) is 48.0 Å². The van der Waals surface area contributed by atoms with E-state index in [0.29, 0.717) is 22.0 Å². The van der Waals surface area contributed by atoms with Crippen molar-refractivity contribution in [2.45, 2.75) is 0 Å². The molecule has 0 saturated carbocycles. The first-order chi connectivity index (χ1) is 14.5. The van der Waals surface area contributed by atoms with Gasteiger partial charge in [0, 0.05) is 16.8 Å². The number of carbonyl (C=O) groups is 2. The van der Waals surface area contributed by atoms with Crippen LogP contribution in [0.2, 0.25) is 5.02 Å². The highest BCUT2D eigenvalue weighted by atomic mass is 35.5. The van der Waals surface area contributed by atoms with E-state index in [1.165, 1.54) is 25.3 Å². The Morgan fingerprint density at radius 1 is 0.933 bits per heavy atom. The Labute approximate surface area is 177 Å². The maximum Gasteiger partial charge on any atom is 0.282 e. The molecule has 0 unspecified atom stereocenters. The average molecular weight is 423 g/mol. The quantitative estimate of drug-likeness (QED) is 0.595. The molecular formula is C23H16ClFN2O3. The number of rotatable bonds is 5. The number of imide groups is 1. The molecular weight excluding hydrogens is 407 g/mol. The number of ether oxygens (including phenoxy) is 1. The van der Waals surface area contributed by atoms with E-state index in [9.17, 15) is 14.0 Å². The van der Waals surface area contributed by atoms with Crippen molar-refractivity contribution in [3.8, 4) is 5.75 Å². The van der Waals surface area contributed by atoms with Gasteiger partial charge in [0.15, 0.2) is 0 Å². The summed E-state index contributed by atoms with van der Waals surface area (Å²) in [6.45, 7) is 0. The first kappa shape index (κ1) is 19.7. The number of methoxy groups -OCH3 is 1. The molecule has 0 bridgehead atoms. The van der Waals surface area contributed by atoms with Gasteiger partial charge in [0.25, 0.3) is 11.8 Å². The summed E-state index contributed by atoms with van der Waals surface area (Å²) in [7, 11) is 1.54. The zero-order valence-electron chi connectivity index (χ0n) is 15.9. The lowest BCUT2D eigenvalue weighted by molar-refractivity contribution is -0.120. The third kappa shape index (κ3) is 3.65. The Morgan fingerprint density at radius 3 is 2.37 bits per heavy atom. The lowest BCUT2D eigenvalue weighted by atomic mass is 10.0. The summed E-state index contributed by atoms with van der Waals surface area (Å²) in [5, 5.41) is 3.53. The van der Waals surface area contributed by atoms with Gasteiger partial charge in [0.05, 0.1) is 18.4 Å². The minimum absolute atomic E-state index is 0.0832. The second-order valence-corrected chi connectivity index (χ2v) is 6.98. The maximum absolute atomic E-state index is 13.8. The van der Waals surface area contributed by atoms with Gasteiger partial charge in [-0.2, -0.15) is 0 Å². The summed E-state index contributed by atoms with van der Waals surface area (Å²) in [5.41, 5.74) is 1.49. The van der Waals surface area contributed by atoms with E-state index in [-0.39, 0.29) is 17.0 Å². The number of carbonyl (C=O) groups excluding carboxylic acids is 2. The van der Waals surface area contributed by atoms with Crippen molar-refractivity contribution in [2.24, 2.45) is 0 Å². The Kier molecular flexibility index (Phi) is 5.25. The first-order valence-corrected chi connectivity index (χ1v) is 9.41. The van der Waals surface area contributed by atoms with Crippen LogP contribution in [-0.4, -0.2) is 18.9 Å². The van der Waals surface area contributed by atoms with Crippen LogP contribution in [-0.2, 0) is 9.59 Å². The first-order valence-electron chi connectivity index (χ1n) is 9.03. The molecule has 1 N–H and O–H groups in total. The van der Waals surface area contributed by atoms with Crippen molar-refractivity contribution >= 4 is 40.4 Å². The summed E-state index contributed by atoms with van der Waals surface area (Å²) < 4.78 is 19.0. The summed E-state index contributed by atoms with van der Waals surface area (Å²) in [6.07, 6.45) is 0. The SMILES string of the molecule is COc1cccc(NC2=C(c3ccc(Cl)cc3)C(=O)N(c3cccc(F)c3)C2=O)c1. The van der Waals surface area contributed by atoms with Crippen LogP contribution in [0.15, 0.2) is 78.5 Å². The maximum atomic E-state index is 13.8. The summed E-state index contributed by atoms with van der Waals surface area (Å²) in [4.78, 5) is 27.5. The van der Waals surface area contributed by atoms with Crippen molar-refractivity contribution in [3.05, 3.63) is 94.9 Å². The van der Waals surface area contributed by atoms with Crippen LogP contribution < -0.4 is 15.0 Å². The highest BCUT2D eigenvalue weighted by Gasteiger charge is 2.40. The molecule has 3 aromatic carbocycles. The van der Waals surface area contributed by atoms with E-state index in [0.717, 1.165) is 11.0 Å². The van der Waals surface area contributed by atoms with E-state index in [2.05, 4.69) is 5.32 Å². The minimum Gasteiger partial charge on any atom is -0.497 e. The van der Waals surface area contributed by atoms with Crippen LogP contribution in [0, 0.1) is 5.82 Å². The van der Waals surface area contributed by atoms with Crippen LogP contribution >= 0.6 is 11.6 Å². The third-order valence-corrected chi connectivity index (χ3v) is 4.87. The van der Waals surface area contributed by atoms with E-state index in [4.69, 9.17) is 16.3 Å². The molecule has 7 heteroatoms. The fourth-order valence-corrected chi connectivity index (χ4v) is 3.35. The molecule has 1 aliphatic heterocycles. The number of amides is 2. The Balaban J connectivity index is 1.82. The Morgan fingerprint density at radius 2 is 1.67 bits per heavy atom. The molecule has 4 rings (SSSR count). The van der Waals surface area contributed by atoms with Gasteiger partial charge in [-0.25, -0.2) is 9.29 Å². The second kappa shape index (κ2) is 8.00. The standard InChI is InChI=1S/C23H16ClFN2O3/c1-30-19-7-3-5-17(13-19)26-21-20(14-8-10-15(24)11-9-14)22(28)27(23(21)29)18-6-2-4-16(25)12-18/h2-13,26H,1H3. The van der Waals surface area contributed by atoms with Crippen LogP contribution in [0.5, 0.6) is 5.75 Å². The Hall–Kier alpha value is -3.64. The predicted molar refractivity (Wildman–Crippen MR) is 114 cm³/mol. The monoisotopic (exact) mass is 422 g/mol. The topological polar surface area (TPSA) is 58.6 Å². The van der Waals surface area contributed by atoms with Gasteiger partial charge >= 0.3 is 0 Å². The lowest BCUT2D eigenvalue weighted by Gasteiger charge is -2.15. The van der Waals surface area contributed by atoms with Crippen molar-refractivity contribution in [1.29, 1.82) is 0 Å². The summed E-state index contributed by atoms with van der Waals surface area (Å²) in [6, 6.07) is 18.9. The van der Waals surface area contributed by atoms with E-state index >= 15 is 0 Å². The van der Waals surface area contributed by atoms with Crippen LogP contribution in [0.3, 0.4) is 0 Å². The largest absolute Gasteiger partial charge is 0.497 e. The molecule has 0 spiro atoms. The average Bonchev–Trinajstić information content (AvgIpc) is 2.98. The molecule has 0 aliphatic carbocycles. The number of nitrogens with one attached hydrogen (secondary N) is 1. The van der Waals surface area contributed by atoms with Crippen LogP contribution in [0.25, 0.3) is 5.57 Å². The number of benzene rings is 3. The van der Waals surface area contributed by atoms with Crippen LogP contribution in [0.1, 0.15) is 5.56 Å². The molecule has 150 valence electrons. The second-order valence-electron chi connectivity index (χ2n) is 6.54. The molecule has 0 aromatic heterocycles. The normalized spacial score (nSPS) is 13.8. The van der Waals surface area contributed by atoms with Gasteiger partial charge in [-0.3, -0.25) is 9.59 Å². The fourth-order valence-electron chi connectivity index (χ4n) is 3.22. The van der Waals surface area contributed by atoms with Gasteiger partial charge in [0.1, 0.15) is 17.3 Å². The predicted octanol–water partition coefficient (Wildman–Crippen LogP) is 4.88. The van der Waals surface area contributed by atoms with E-state index in [1.54, 1.807) is 48.5 Å². The summed E-state index contributed by atoms with van der Waals surface area (Å²) >= 11 is 5.98. The number of hydrogen-bond acceptors (Lipinski definition) is 4. The zero-order valence-corrected chi connectivity index (χ0v) is 16.6. The lowest BCUT2D eigenvalue weighted by Crippen LogP contribution is -2.32.